The van der Waals surface area contributed by atoms with Crippen LogP contribution in [-0.4, -0.2) is 7.85 Å². The molecule has 0 saturated carbocycles. The van der Waals surface area contributed by atoms with Gasteiger partial charge in [-0.2, -0.15) is 13.2 Å². The molecule has 0 fully saturated rings. The van der Waals surface area contributed by atoms with E-state index in [0.29, 0.717) is 28.8 Å². The third-order valence-corrected chi connectivity index (χ3v) is 4.84. The van der Waals surface area contributed by atoms with Gasteiger partial charge in [-0.05, 0) is 35.4 Å². The summed E-state index contributed by atoms with van der Waals surface area (Å²) in [6.45, 7) is 0. The van der Waals surface area contributed by atoms with Crippen molar-refractivity contribution >= 4 is 19.2 Å². The van der Waals surface area contributed by atoms with Crippen molar-refractivity contribution < 1.29 is 22.0 Å². The fourth-order valence-electron chi connectivity index (χ4n) is 2.43. The highest BCUT2D eigenvalue weighted by Gasteiger charge is 2.33. The average Bonchev–Trinajstić information content (AvgIpc) is 3.04. The Kier molecular flexibility index (Phi) is 4.69. The largest absolute Gasteiger partial charge is 0.425 e. The molecule has 1 aromatic heterocycles. The molecule has 0 bridgehead atoms. The quantitative estimate of drug-likeness (QED) is 0.392. The topological polar surface area (TPSA) is 0 Å². The summed E-state index contributed by atoms with van der Waals surface area (Å²) in [6.07, 6.45) is -4.19. The average molecular weight is 364 g/mol. The smallest absolute Gasteiger partial charge is 0.206 e. The van der Waals surface area contributed by atoms with Crippen molar-refractivity contribution in [3.63, 3.8) is 0 Å². The Morgan fingerprint density at radius 1 is 0.840 bits per heavy atom. The van der Waals surface area contributed by atoms with Crippen LogP contribution in [0.1, 0.15) is 10.4 Å². The fraction of sp³-hybridized carbons (Fsp3) is 0.111. The predicted octanol–water partition coefficient (Wildman–Crippen LogP) is 6.05. The van der Waals surface area contributed by atoms with Gasteiger partial charge in [0.2, 0.25) is 0 Å². The molecule has 0 nitrogen and oxygen atoms in total. The summed E-state index contributed by atoms with van der Waals surface area (Å²) in [5, 5.41) is 0. The van der Waals surface area contributed by atoms with Crippen molar-refractivity contribution in [1.82, 2.24) is 0 Å². The Morgan fingerprint density at radius 3 is 1.92 bits per heavy atom. The number of hydrogen-bond acceptors (Lipinski definition) is 1. The summed E-state index contributed by atoms with van der Waals surface area (Å²) < 4.78 is 66.8. The van der Waals surface area contributed by atoms with Crippen molar-refractivity contribution in [2.45, 2.75) is 12.5 Å². The van der Waals surface area contributed by atoms with Crippen molar-refractivity contribution in [1.29, 1.82) is 0 Å². The van der Waals surface area contributed by atoms with E-state index >= 15 is 0 Å². The van der Waals surface area contributed by atoms with E-state index in [4.69, 9.17) is 7.85 Å². The molecular formula is C18H10BF5S. The molecule has 0 saturated heterocycles. The molecule has 1 heterocycles. The minimum absolute atomic E-state index is 0.104. The van der Waals surface area contributed by atoms with Crippen LogP contribution in [0.5, 0.6) is 0 Å². The Labute approximate surface area is 146 Å². The summed E-state index contributed by atoms with van der Waals surface area (Å²) >= 11 is 0.309. The van der Waals surface area contributed by atoms with Gasteiger partial charge in [0.1, 0.15) is 16.5 Å². The van der Waals surface area contributed by atoms with Crippen LogP contribution in [0.3, 0.4) is 0 Å². The molecule has 2 radical (unpaired) electrons. The maximum atomic E-state index is 14.4. The lowest BCUT2D eigenvalue weighted by atomic mass is 9.94. The molecular weight excluding hydrogens is 354 g/mol. The Hall–Kier alpha value is -2.15. The van der Waals surface area contributed by atoms with Crippen molar-refractivity contribution in [3.8, 4) is 21.6 Å². The second-order valence-corrected chi connectivity index (χ2v) is 6.46. The maximum Gasteiger partial charge on any atom is 0.425 e. The number of thiophene rings is 1. The van der Waals surface area contributed by atoms with Crippen molar-refractivity contribution in [3.05, 3.63) is 70.6 Å². The van der Waals surface area contributed by atoms with E-state index in [0.717, 1.165) is 29.8 Å². The van der Waals surface area contributed by atoms with Crippen LogP contribution < -0.4 is 0 Å². The van der Waals surface area contributed by atoms with Crippen LogP contribution in [0, 0.1) is 11.6 Å². The molecule has 0 amide bonds. The monoisotopic (exact) mass is 364 g/mol. The third-order valence-electron chi connectivity index (χ3n) is 3.70. The summed E-state index contributed by atoms with van der Waals surface area (Å²) in [6, 6.07) is 11.0. The van der Waals surface area contributed by atoms with E-state index in [2.05, 4.69) is 0 Å². The van der Waals surface area contributed by atoms with Crippen LogP contribution in [0.4, 0.5) is 22.0 Å². The summed E-state index contributed by atoms with van der Waals surface area (Å²) in [5.41, 5.74) is 1.31. The number of hydrogen-bond donors (Lipinski definition) is 0. The van der Waals surface area contributed by atoms with Crippen LogP contribution in [-0.2, 0) is 12.5 Å². The molecule has 0 N–H and O–H groups in total. The first-order valence-corrected chi connectivity index (χ1v) is 8.07. The van der Waals surface area contributed by atoms with Crippen LogP contribution in [0.15, 0.2) is 48.5 Å². The first-order valence-electron chi connectivity index (χ1n) is 7.25. The van der Waals surface area contributed by atoms with E-state index in [-0.39, 0.29) is 4.88 Å². The Balaban J connectivity index is 2.01. The molecule has 0 spiro atoms. The molecule has 126 valence electrons. The first kappa shape index (κ1) is 17.7. The van der Waals surface area contributed by atoms with E-state index in [9.17, 15) is 22.0 Å². The van der Waals surface area contributed by atoms with E-state index < -0.39 is 28.3 Å². The third kappa shape index (κ3) is 3.61. The first-order chi connectivity index (χ1) is 11.8. The molecule has 0 unspecified atom stereocenters. The standard InChI is InChI=1S/C18H10BF5S/c19-9-10-1-3-11(4-2-10)12-7-13(20)17(14(21)8-12)15-5-6-16(25-15)18(22,23)24/h1-8H,9H2. The zero-order valence-electron chi connectivity index (χ0n) is 12.7. The molecule has 0 aliphatic carbocycles. The highest BCUT2D eigenvalue weighted by atomic mass is 32.1. The molecule has 2 aromatic carbocycles. The van der Waals surface area contributed by atoms with Crippen LogP contribution in [0.2, 0.25) is 0 Å². The van der Waals surface area contributed by atoms with E-state index in [1.54, 1.807) is 24.3 Å². The predicted molar refractivity (Wildman–Crippen MR) is 89.6 cm³/mol. The van der Waals surface area contributed by atoms with Gasteiger partial charge in [0.05, 0.1) is 13.4 Å². The van der Waals surface area contributed by atoms with Gasteiger partial charge >= 0.3 is 6.18 Å². The molecule has 3 aromatic rings. The Bertz CT molecular complexity index is 874. The zero-order chi connectivity index (χ0) is 18.2. The zero-order valence-corrected chi connectivity index (χ0v) is 13.5. The molecule has 7 heteroatoms. The van der Waals surface area contributed by atoms with E-state index in [1.165, 1.54) is 0 Å². The maximum absolute atomic E-state index is 14.4. The highest BCUT2D eigenvalue weighted by molar-refractivity contribution is 7.15. The van der Waals surface area contributed by atoms with Gasteiger partial charge in [0.15, 0.2) is 0 Å². The minimum Gasteiger partial charge on any atom is -0.206 e. The lowest BCUT2D eigenvalue weighted by Gasteiger charge is -2.08. The Morgan fingerprint density at radius 2 is 1.44 bits per heavy atom. The van der Waals surface area contributed by atoms with Crippen molar-refractivity contribution in [2.75, 3.05) is 0 Å². The van der Waals surface area contributed by atoms with Gasteiger partial charge in [0, 0.05) is 4.88 Å². The van der Waals surface area contributed by atoms with Gasteiger partial charge in [-0.15, -0.1) is 11.3 Å². The number of halogens is 5. The highest BCUT2D eigenvalue weighted by Crippen LogP contribution is 2.40. The van der Waals surface area contributed by atoms with Crippen LogP contribution in [0.25, 0.3) is 21.6 Å². The van der Waals surface area contributed by atoms with Gasteiger partial charge in [-0.25, -0.2) is 8.78 Å². The second kappa shape index (κ2) is 6.63. The second-order valence-electron chi connectivity index (χ2n) is 5.38. The molecule has 0 aliphatic rings. The van der Waals surface area contributed by atoms with E-state index in [1.807, 2.05) is 0 Å². The van der Waals surface area contributed by atoms with Gasteiger partial charge in [-0.1, -0.05) is 36.1 Å². The van der Waals surface area contributed by atoms with Gasteiger partial charge < -0.3 is 0 Å². The molecule has 3 rings (SSSR count). The minimum atomic E-state index is -4.54. The lowest BCUT2D eigenvalue weighted by Crippen LogP contribution is -2.00. The van der Waals surface area contributed by atoms with Gasteiger partial charge in [0.25, 0.3) is 0 Å². The normalized spacial score (nSPS) is 11.7. The number of alkyl halides is 3. The molecule has 0 atom stereocenters. The SMILES string of the molecule is [B]Cc1ccc(-c2cc(F)c(-c3ccc(C(F)(F)F)s3)c(F)c2)cc1. The summed E-state index contributed by atoms with van der Waals surface area (Å²) in [5.74, 6) is -1.82. The van der Waals surface area contributed by atoms with Gasteiger partial charge in [-0.3, -0.25) is 0 Å². The lowest BCUT2D eigenvalue weighted by molar-refractivity contribution is -0.134. The fourth-order valence-corrected chi connectivity index (χ4v) is 3.35. The summed E-state index contributed by atoms with van der Waals surface area (Å²) in [7, 11) is 5.50. The number of rotatable bonds is 3. The van der Waals surface area contributed by atoms with Crippen LogP contribution >= 0.6 is 11.3 Å². The molecule has 0 aliphatic heterocycles. The van der Waals surface area contributed by atoms with Crippen molar-refractivity contribution in [2.24, 2.45) is 0 Å². The summed E-state index contributed by atoms with van der Waals surface area (Å²) in [4.78, 5) is -1.00. The molecule has 25 heavy (non-hydrogen) atoms. The number of benzene rings is 2.